The zero-order chi connectivity index (χ0) is 14.0. The van der Waals surface area contributed by atoms with Crippen LogP contribution in [0.3, 0.4) is 0 Å². The number of ether oxygens (including phenoxy) is 1. The summed E-state index contributed by atoms with van der Waals surface area (Å²) in [4.78, 5) is 0. The minimum atomic E-state index is -0.0792. The number of nitrogens with one attached hydrogen (secondary N) is 1. The number of nitrogens with zero attached hydrogens (tertiary/aromatic N) is 1. The highest BCUT2D eigenvalue weighted by atomic mass is 16.5. The van der Waals surface area contributed by atoms with Gasteiger partial charge in [-0.1, -0.05) is 18.2 Å². The second-order valence-corrected chi connectivity index (χ2v) is 5.54. The van der Waals surface area contributed by atoms with Crippen LogP contribution in [0, 0.1) is 16.7 Å². The Kier molecular flexibility index (Phi) is 3.33. The molecule has 2 aromatic rings. The van der Waals surface area contributed by atoms with Crippen LogP contribution in [0.25, 0.3) is 10.8 Å². The Morgan fingerprint density at radius 1 is 1.20 bits per heavy atom. The van der Waals surface area contributed by atoms with Crippen LogP contribution in [0.5, 0.6) is 5.75 Å². The topological polar surface area (TPSA) is 45.0 Å². The third kappa shape index (κ3) is 2.61. The van der Waals surface area contributed by atoms with E-state index in [9.17, 15) is 0 Å². The van der Waals surface area contributed by atoms with Crippen LogP contribution in [0.4, 0.5) is 0 Å². The molecule has 2 aromatic carbocycles. The Morgan fingerprint density at radius 3 is 2.65 bits per heavy atom. The van der Waals surface area contributed by atoms with Gasteiger partial charge in [0.2, 0.25) is 0 Å². The van der Waals surface area contributed by atoms with Gasteiger partial charge in [-0.2, -0.15) is 5.26 Å². The van der Waals surface area contributed by atoms with Crippen LogP contribution in [0.2, 0.25) is 0 Å². The summed E-state index contributed by atoms with van der Waals surface area (Å²) < 4.78 is 5.23. The van der Waals surface area contributed by atoms with Crippen LogP contribution in [-0.4, -0.2) is 13.7 Å². The highest BCUT2D eigenvalue weighted by Crippen LogP contribution is 2.44. The Labute approximate surface area is 119 Å². The first kappa shape index (κ1) is 13.0. The van der Waals surface area contributed by atoms with Gasteiger partial charge in [0.05, 0.1) is 18.6 Å². The normalized spacial score (nSPS) is 15.8. The van der Waals surface area contributed by atoms with Crippen molar-refractivity contribution >= 4 is 10.8 Å². The quantitative estimate of drug-likeness (QED) is 0.903. The van der Waals surface area contributed by atoms with E-state index in [1.54, 1.807) is 7.11 Å². The van der Waals surface area contributed by atoms with Crippen LogP contribution in [0.15, 0.2) is 36.4 Å². The molecule has 0 saturated heterocycles. The summed E-state index contributed by atoms with van der Waals surface area (Å²) in [6.45, 7) is 1.61. The van der Waals surface area contributed by atoms with Gasteiger partial charge in [-0.15, -0.1) is 0 Å². The summed E-state index contributed by atoms with van der Waals surface area (Å²) in [6.07, 6.45) is 2.07. The molecule has 102 valence electrons. The lowest BCUT2D eigenvalue weighted by Crippen LogP contribution is -2.22. The van der Waals surface area contributed by atoms with Crippen molar-refractivity contribution in [1.29, 1.82) is 5.26 Å². The fraction of sp³-hybridized carbons (Fsp3) is 0.353. The first-order chi connectivity index (χ1) is 9.74. The Bertz CT molecular complexity index is 668. The van der Waals surface area contributed by atoms with Crippen molar-refractivity contribution in [2.45, 2.75) is 19.4 Å². The zero-order valence-corrected chi connectivity index (χ0v) is 11.6. The van der Waals surface area contributed by atoms with Gasteiger partial charge in [-0.05, 0) is 47.4 Å². The predicted molar refractivity (Wildman–Crippen MR) is 79.5 cm³/mol. The van der Waals surface area contributed by atoms with Gasteiger partial charge >= 0.3 is 0 Å². The molecule has 0 spiro atoms. The molecule has 0 radical (unpaired) electrons. The van der Waals surface area contributed by atoms with E-state index in [4.69, 9.17) is 10.00 Å². The maximum atomic E-state index is 9.04. The van der Waals surface area contributed by atoms with E-state index < -0.39 is 0 Å². The lowest BCUT2D eigenvalue weighted by atomic mass is 10.1. The molecular formula is C17H18N2O. The number of hydrogen-bond donors (Lipinski definition) is 1. The standard InChI is InChI=1S/C17H18N2O/c1-20-16-5-4-14-8-13(2-3-15(14)9-16)10-19-12-17(11-18)6-7-17/h2-5,8-9,19H,6-7,10,12H2,1H3. The van der Waals surface area contributed by atoms with Gasteiger partial charge < -0.3 is 10.1 Å². The molecule has 0 bridgehead atoms. The first-order valence-corrected chi connectivity index (χ1v) is 6.93. The number of hydrogen-bond acceptors (Lipinski definition) is 3. The molecule has 3 nitrogen and oxygen atoms in total. The average molecular weight is 266 g/mol. The van der Waals surface area contributed by atoms with Gasteiger partial charge in [0.1, 0.15) is 5.75 Å². The lowest BCUT2D eigenvalue weighted by Gasteiger charge is -2.09. The van der Waals surface area contributed by atoms with Crippen molar-refractivity contribution in [3.05, 3.63) is 42.0 Å². The van der Waals surface area contributed by atoms with E-state index in [0.29, 0.717) is 0 Å². The van der Waals surface area contributed by atoms with Crippen LogP contribution < -0.4 is 10.1 Å². The molecule has 1 aliphatic rings. The summed E-state index contributed by atoms with van der Waals surface area (Å²) in [6, 6.07) is 14.9. The molecule has 0 aliphatic heterocycles. The van der Waals surface area contributed by atoms with Gasteiger partial charge in [-0.25, -0.2) is 0 Å². The van der Waals surface area contributed by atoms with Crippen molar-refractivity contribution in [2.24, 2.45) is 5.41 Å². The second-order valence-electron chi connectivity index (χ2n) is 5.54. The number of methoxy groups -OCH3 is 1. The smallest absolute Gasteiger partial charge is 0.119 e. The predicted octanol–water partition coefficient (Wildman–Crippen LogP) is 3.24. The fourth-order valence-electron chi connectivity index (χ4n) is 2.44. The highest BCUT2D eigenvalue weighted by Gasteiger charge is 2.42. The molecule has 20 heavy (non-hydrogen) atoms. The molecule has 1 N–H and O–H groups in total. The molecule has 0 atom stereocenters. The minimum absolute atomic E-state index is 0.0792. The van der Waals surface area contributed by atoms with Crippen LogP contribution in [0.1, 0.15) is 18.4 Å². The lowest BCUT2D eigenvalue weighted by molar-refractivity contribution is 0.415. The fourth-order valence-corrected chi connectivity index (χ4v) is 2.44. The first-order valence-electron chi connectivity index (χ1n) is 6.93. The van der Waals surface area contributed by atoms with Crippen LogP contribution in [-0.2, 0) is 6.54 Å². The molecule has 0 amide bonds. The molecule has 0 heterocycles. The summed E-state index contributed by atoms with van der Waals surface area (Å²) >= 11 is 0. The van der Waals surface area contributed by atoms with E-state index in [0.717, 1.165) is 31.7 Å². The van der Waals surface area contributed by atoms with E-state index in [1.807, 2.05) is 12.1 Å². The van der Waals surface area contributed by atoms with E-state index >= 15 is 0 Å². The number of benzene rings is 2. The van der Waals surface area contributed by atoms with Gasteiger partial charge in [0, 0.05) is 13.1 Å². The van der Waals surface area contributed by atoms with E-state index in [2.05, 4.69) is 35.7 Å². The second kappa shape index (κ2) is 5.15. The maximum Gasteiger partial charge on any atom is 0.119 e. The highest BCUT2D eigenvalue weighted by molar-refractivity contribution is 5.84. The Morgan fingerprint density at radius 2 is 1.95 bits per heavy atom. The average Bonchev–Trinajstić information content (AvgIpc) is 3.27. The maximum absolute atomic E-state index is 9.04. The molecule has 1 aliphatic carbocycles. The largest absolute Gasteiger partial charge is 0.497 e. The minimum Gasteiger partial charge on any atom is -0.497 e. The number of fused-ring (bicyclic) bond motifs is 1. The number of nitriles is 1. The van der Waals surface area contributed by atoms with Crippen molar-refractivity contribution in [2.75, 3.05) is 13.7 Å². The van der Waals surface area contributed by atoms with Crippen LogP contribution >= 0.6 is 0 Å². The van der Waals surface area contributed by atoms with Gasteiger partial charge in [0.15, 0.2) is 0 Å². The summed E-state index contributed by atoms with van der Waals surface area (Å²) in [5, 5.41) is 14.8. The summed E-state index contributed by atoms with van der Waals surface area (Å²) in [5.74, 6) is 0.882. The molecule has 0 unspecified atom stereocenters. The van der Waals surface area contributed by atoms with Gasteiger partial charge in [0.25, 0.3) is 0 Å². The summed E-state index contributed by atoms with van der Waals surface area (Å²) in [5.41, 5.74) is 1.17. The van der Waals surface area contributed by atoms with Crippen molar-refractivity contribution in [3.8, 4) is 11.8 Å². The third-order valence-electron chi connectivity index (χ3n) is 4.00. The van der Waals surface area contributed by atoms with Crippen molar-refractivity contribution < 1.29 is 4.74 Å². The molecule has 1 saturated carbocycles. The third-order valence-corrected chi connectivity index (χ3v) is 4.00. The molecule has 3 rings (SSSR count). The molecule has 1 fully saturated rings. The van der Waals surface area contributed by atoms with E-state index in [1.165, 1.54) is 16.3 Å². The monoisotopic (exact) mass is 266 g/mol. The Hall–Kier alpha value is -2.05. The molecular weight excluding hydrogens is 248 g/mol. The number of rotatable bonds is 5. The summed E-state index contributed by atoms with van der Waals surface area (Å²) in [7, 11) is 1.68. The molecule has 0 aromatic heterocycles. The Balaban J connectivity index is 1.68. The van der Waals surface area contributed by atoms with Gasteiger partial charge in [-0.3, -0.25) is 0 Å². The van der Waals surface area contributed by atoms with E-state index in [-0.39, 0.29) is 5.41 Å². The SMILES string of the molecule is COc1ccc2cc(CNCC3(C#N)CC3)ccc2c1. The van der Waals surface area contributed by atoms with Crippen molar-refractivity contribution in [1.82, 2.24) is 5.32 Å². The zero-order valence-electron chi connectivity index (χ0n) is 11.6. The van der Waals surface area contributed by atoms with Crippen molar-refractivity contribution in [3.63, 3.8) is 0 Å². The molecule has 3 heteroatoms.